The molecule has 4 N–H and O–H groups in total. The number of nitrogens with one attached hydrogen (secondary N) is 2. The molecule has 1 amide bonds. The molecule has 0 radical (unpaired) electrons. The van der Waals surface area contributed by atoms with E-state index in [-0.39, 0.29) is 34.6 Å². The first kappa shape index (κ1) is 18.2. The molecule has 3 rings (SSSR count). The lowest BCUT2D eigenvalue weighted by atomic mass is 9.85. The first-order valence-corrected chi connectivity index (χ1v) is 10.1. The van der Waals surface area contributed by atoms with Crippen LogP contribution < -0.4 is 20.5 Å². The zero-order valence-corrected chi connectivity index (χ0v) is 15.1. The fourth-order valence-corrected chi connectivity index (χ4v) is 4.66. The minimum atomic E-state index is -3.68. The molecule has 2 unspecified atom stereocenters. The minimum Gasteiger partial charge on any atom is -0.495 e. The van der Waals surface area contributed by atoms with Crippen molar-refractivity contribution in [1.29, 1.82) is 0 Å². The number of methoxy groups -OCH3 is 1. The van der Waals surface area contributed by atoms with Crippen LogP contribution in [0.5, 0.6) is 5.75 Å². The standard InChI is InChI=1S/C17H25N3O4S/c1-24-15-8-7-14(10-16(15)25(22,23)20-13-5-6-13)19-17(21)11-3-2-4-12(18)9-11/h7-8,10-13,20H,2-6,9,18H2,1H3,(H,19,21). The van der Waals surface area contributed by atoms with Crippen molar-refractivity contribution in [3.63, 3.8) is 0 Å². The number of rotatable bonds is 6. The number of sulfonamides is 1. The van der Waals surface area contributed by atoms with Crippen LogP contribution in [0.1, 0.15) is 38.5 Å². The van der Waals surface area contributed by atoms with Gasteiger partial charge in [0.05, 0.1) is 7.11 Å². The number of benzene rings is 1. The van der Waals surface area contributed by atoms with E-state index in [4.69, 9.17) is 10.5 Å². The smallest absolute Gasteiger partial charge is 0.244 e. The number of hydrogen-bond donors (Lipinski definition) is 3. The Labute approximate surface area is 148 Å². The highest BCUT2D eigenvalue weighted by atomic mass is 32.2. The molecule has 2 fully saturated rings. The van der Waals surface area contributed by atoms with E-state index in [1.165, 1.54) is 13.2 Å². The van der Waals surface area contributed by atoms with Crippen LogP contribution in [0, 0.1) is 5.92 Å². The average molecular weight is 367 g/mol. The third-order valence-corrected chi connectivity index (χ3v) is 6.25. The van der Waals surface area contributed by atoms with Gasteiger partial charge in [-0.15, -0.1) is 0 Å². The quantitative estimate of drug-likeness (QED) is 0.707. The van der Waals surface area contributed by atoms with E-state index >= 15 is 0 Å². The molecule has 7 nitrogen and oxygen atoms in total. The largest absolute Gasteiger partial charge is 0.495 e. The summed E-state index contributed by atoms with van der Waals surface area (Å²) in [5.74, 6) is 0.0140. The second-order valence-electron chi connectivity index (χ2n) is 6.87. The molecule has 1 aromatic carbocycles. The summed E-state index contributed by atoms with van der Waals surface area (Å²) >= 11 is 0. The predicted molar refractivity (Wildman–Crippen MR) is 94.9 cm³/mol. The molecule has 8 heteroatoms. The molecule has 2 atom stereocenters. The van der Waals surface area contributed by atoms with Gasteiger partial charge in [0, 0.05) is 23.7 Å². The van der Waals surface area contributed by atoms with E-state index in [0.29, 0.717) is 12.1 Å². The zero-order chi connectivity index (χ0) is 18.0. The summed E-state index contributed by atoms with van der Waals surface area (Å²) in [4.78, 5) is 12.5. The number of hydrogen-bond acceptors (Lipinski definition) is 5. The van der Waals surface area contributed by atoms with Crippen LogP contribution in [-0.2, 0) is 14.8 Å². The van der Waals surface area contributed by atoms with Gasteiger partial charge in [0.25, 0.3) is 0 Å². The van der Waals surface area contributed by atoms with E-state index < -0.39 is 10.0 Å². The maximum Gasteiger partial charge on any atom is 0.244 e. The predicted octanol–water partition coefficient (Wildman–Crippen LogP) is 1.59. The third-order valence-electron chi connectivity index (χ3n) is 4.71. The Balaban J connectivity index is 1.78. The number of amides is 1. The van der Waals surface area contributed by atoms with Crippen molar-refractivity contribution < 1.29 is 17.9 Å². The van der Waals surface area contributed by atoms with Crippen molar-refractivity contribution >= 4 is 21.6 Å². The first-order chi connectivity index (χ1) is 11.9. The van der Waals surface area contributed by atoms with Gasteiger partial charge < -0.3 is 15.8 Å². The fourth-order valence-electron chi connectivity index (χ4n) is 3.16. The van der Waals surface area contributed by atoms with E-state index in [0.717, 1.165) is 32.1 Å². The van der Waals surface area contributed by atoms with Gasteiger partial charge >= 0.3 is 0 Å². The summed E-state index contributed by atoms with van der Waals surface area (Å²) in [7, 11) is -2.25. The highest BCUT2D eigenvalue weighted by Gasteiger charge is 2.30. The normalized spacial score (nSPS) is 23.9. The first-order valence-electron chi connectivity index (χ1n) is 8.66. The molecule has 2 saturated carbocycles. The summed E-state index contributed by atoms with van der Waals surface area (Å²) < 4.78 is 32.9. The zero-order valence-electron chi connectivity index (χ0n) is 14.3. The minimum absolute atomic E-state index is 0.00307. The van der Waals surface area contributed by atoms with E-state index in [9.17, 15) is 13.2 Å². The summed E-state index contributed by atoms with van der Waals surface area (Å²) in [6, 6.07) is 4.71. The molecule has 2 aliphatic carbocycles. The average Bonchev–Trinajstić information content (AvgIpc) is 3.38. The van der Waals surface area contributed by atoms with Crippen molar-refractivity contribution in [1.82, 2.24) is 4.72 Å². The molecule has 25 heavy (non-hydrogen) atoms. The number of anilines is 1. The Morgan fingerprint density at radius 3 is 2.64 bits per heavy atom. The Kier molecular flexibility index (Phi) is 5.31. The Hall–Kier alpha value is -1.64. The Morgan fingerprint density at radius 1 is 1.24 bits per heavy atom. The molecule has 1 aromatic rings. The molecule has 0 bridgehead atoms. The Morgan fingerprint density at radius 2 is 2.00 bits per heavy atom. The van der Waals surface area contributed by atoms with Gasteiger partial charge in [0.15, 0.2) is 0 Å². The maximum atomic E-state index is 12.5. The van der Waals surface area contributed by atoms with Crippen molar-refractivity contribution in [3.8, 4) is 5.75 Å². The second-order valence-corrected chi connectivity index (χ2v) is 8.56. The molecule has 0 saturated heterocycles. The highest BCUT2D eigenvalue weighted by Crippen LogP contribution is 2.30. The Bertz CT molecular complexity index is 746. The molecule has 0 aliphatic heterocycles. The highest BCUT2D eigenvalue weighted by molar-refractivity contribution is 7.89. The van der Waals surface area contributed by atoms with Crippen LogP contribution in [-0.4, -0.2) is 33.5 Å². The maximum absolute atomic E-state index is 12.5. The van der Waals surface area contributed by atoms with Crippen molar-refractivity contribution in [2.24, 2.45) is 11.7 Å². The van der Waals surface area contributed by atoms with Gasteiger partial charge in [-0.05, 0) is 50.3 Å². The van der Waals surface area contributed by atoms with E-state index in [1.54, 1.807) is 12.1 Å². The topological polar surface area (TPSA) is 111 Å². The lowest BCUT2D eigenvalue weighted by Crippen LogP contribution is -2.34. The molecule has 0 spiro atoms. The van der Waals surface area contributed by atoms with E-state index in [2.05, 4.69) is 10.0 Å². The second kappa shape index (κ2) is 7.31. The fraction of sp³-hybridized carbons (Fsp3) is 0.588. The van der Waals surface area contributed by atoms with Gasteiger partial charge in [0.1, 0.15) is 10.6 Å². The molecule has 138 valence electrons. The molecular formula is C17H25N3O4S. The number of carbonyl (C=O) groups excluding carboxylic acids is 1. The lowest BCUT2D eigenvalue weighted by Gasteiger charge is -2.25. The SMILES string of the molecule is COc1ccc(NC(=O)C2CCCC(N)C2)cc1S(=O)(=O)NC1CC1. The van der Waals surface area contributed by atoms with Gasteiger partial charge in [0.2, 0.25) is 15.9 Å². The molecular weight excluding hydrogens is 342 g/mol. The summed E-state index contributed by atoms with van der Waals surface area (Å²) in [5, 5.41) is 2.82. The van der Waals surface area contributed by atoms with Crippen molar-refractivity contribution in [2.45, 2.75) is 55.5 Å². The van der Waals surface area contributed by atoms with Crippen LogP contribution in [0.2, 0.25) is 0 Å². The monoisotopic (exact) mass is 367 g/mol. The number of carbonyl (C=O) groups is 1. The van der Waals surface area contributed by atoms with E-state index in [1.807, 2.05) is 0 Å². The molecule has 0 heterocycles. The van der Waals surface area contributed by atoms with Crippen LogP contribution >= 0.6 is 0 Å². The van der Waals surface area contributed by atoms with Gasteiger partial charge in [-0.1, -0.05) is 6.42 Å². The van der Waals surface area contributed by atoms with Gasteiger partial charge in [-0.2, -0.15) is 0 Å². The summed E-state index contributed by atoms with van der Waals surface area (Å²) in [6.45, 7) is 0. The lowest BCUT2D eigenvalue weighted by molar-refractivity contribution is -0.120. The number of nitrogens with two attached hydrogens (primary N) is 1. The van der Waals surface area contributed by atoms with Gasteiger partial charge in [-0.3, -0.25) is 4.79 Å². The van der Waals surface area contributed by atoms with Crippen LogP contribution in [0.25, 0.3) is 0 Å². The van der Waals surface area contributed by atoms with Crippen LogP contribution in [0.4, 0.5) is 5.69 Å². The van der Waals surface area contributed by atoms with Crippen molar-refractivity contribution in [2.75, 3.05) is 12.4 Å². The van der Waals surface area contributed by atoms with Gasteiger partial charge in [-0.25, -0.2) is 13.1 Å². The van der Waals surface area contributed by atoms with Crippen LogP contribution in [0.15, 0.2) is 23.1 Å². The molecule has 0 aromatic heterocycles. The number of ether oxygens (including phenoxy) is 1. The summed E-state index contributed by atoms with van der Waals surface area (Å²) in [6.07, 6.45) is 5.05. The third kappa shape index (κ3) is 4.50. The molecule has 2 aliphatic rings. The van der Waals surface area contributed by atoms with Crippen molar-refractivity contribution in [3.05, 3.63) is 18.2 Å². The summed E-state index contributed by atoms with van der Waals surface area (Å²) in [5.41, 5.74) is 6.39. The van der Waals surface area contributed by atoms with Crippen LogP contribution in [0.3, 0.4) is 0 Å².